The van der Waals surface area contributed by atoms with Crippen molar-refractivity contribution in [3.8, 4) is 0 Å². The number of allylic oxidation sites excluding steroid dienone is 2. The Morgan fingerprint density at radius 2 is 2.00 bits per heavy atom. The van der Waals surface area contributed by atoms with Gasteiger partial charge in [-0.05, 0) is 64.7 Å². The number of hydrogen-bond donors (Lipinski definition) is 1. The van der Waals surface area contributed by atoms with E-state index in [-0.39, 0.29) is 11.4 Å². The van der Waals surface area contributed by atoms with Gasteiger partial charge >= 0.3 is 0 Å². The molecule has 1 fully saturated rings. The van der Waals surface area contributed by atoms with E-state index in [4.69, 9.17) is 4.99 Å². The first kappa shape index (κ1) is 22.6. The molecule has 1 saturated carbocycles. The van der Waals surface area contributed by atoms with Crippen molar-refractivity contribution in [1.29, 1.82) is 0 Å². The summed E-state index contributed by atoms with van der Waals surface area (Å²) in [5.41, 5.74) is 4.35. The van der Waals surface area contributed by atoms with Crippen LogP contribution in [0.15, 0.2) is 53.8 Å². The molecule has 1 aromatic heterocycles. The van der Waals surface area contributed by atoms with E-state index >= 15 is 0 Å². The number of rotatable bonds is 5. The van der Waals surface area contributed by atoms with Crippen molar-refractivity contribution in [3.63, 3.8) is 0 Å². The molecule has 0 saturated heterocycles. The van der Waals surface area contributed by atoms with Crippen LogP contribution in [0.1, 0.15) is 52.7 Å². The molecule has 0 spiro atoms. The van der Waals surface area contributed by atoms with Gasteiger partial charge in [0.05, 0.1) is 18.8 Å². The molecule has 0 aromatic carbocycles. The molecule has 1 heterocycles. The van der Waals surface area contributed by atoms with Gasteiger partial charge in [-0.2, -0.15) is 0 Å². The third kappa shape index (κ3) is 7.77. The largest absolute Gasteiger partial charge is 0.369 e. The SMILES string of the molecule is C/C(=C1/CCCC1=NCc1ccccn1)N(C)CC(=O)NC(C)(C)C.C=C. The maximum atomic E-state index is 12.2. The first-order valence-corrected chi connectivity index (χ1v) is 9.42. The smallest absolute Gasteiger partial charge is 0.239 e. The summed E-state index contributed by atoms with van der Waals surface area (Å²) in [5.74, 6) is 0.0416. The van der Waals surface area contributed by atoms with Crippen molar-refractivity contribution >= 4 is 11.6 Å². The Balaban J connectivity index is 0.00000176. The highest BCUT2D eigenvalue weighted by molar-refractivity contribution is 6.02. The number of nitrogens with one attached hydrogen (secondary N) is 1. The van der Waals surface area contributed by atoms with Crippen LogP contribution in [0.4, 0.5) is 0 Å². The van der Waals surface area contributed by atoms with Crippen molar-refractivity contribution < 1.29 is 4.79 Å². The average Bonchev–Trinajstić information content (AvgIpc) is 3.08. The molecule has 0 radical (unpaired) electrons. The summed E-state index contributed by atoms with van der Waals surface area (Å²) < 4.78 is 0. The van der Waals surface area contributed by atoms with Crippen LogP contribution in [0.25, 0.3) is 0 Å². The fraction of sp³-hybridized carbons (Fsp3) is 0.500. The Kier molecular flexibility index (Phi) is 8.92. The molecule has 0 bridgehead atoms. The van der Waals surface area contributed by atoms with Crippen LogP contribution in [0.3, 0.4) is 0 Å². The average molecular weight is 371 g/mol. The molecular weight excluding hydrogens is 336 g/mol. The van der Waals surface area contributed by atoms with Crippen LogP contribution in [0.2, 0.25) is 0 Å². The zero-order chi connectivity index (χ0) is 20.4. The fourth-order valence-electron chi connectivity index (χ4n) is 2.98. The first-order chi connectivity index (χ1) is 12.8. The Hall–Kier alpha value is -2.43. The van der Waals surface area contributed by atoms with Crippen molar-refractivity contribution in [2.75, 3.05) is 13.6 Å². The highest BCUT2D eigenvalue weighted by atomic mass is 16.2. The van der Waals surface area contributed by atoms with Gasteiger partial charge in [0.1, 0.15) is 0 Å². The molecule has 1 aromatic rings. The van der Waals surface area contributed by atoms with Gasteiger partial charge in [-0.15, -0.1) is 13.2 Å². The standard InChI is InChI=1S/C20H30N4O.C2H4/c1-15(24(5)14-19(25)23-20(2,3)4)17-10-8-11-18(17)22-13-16-9-6-7-12-21-16;1-2/h6-7,9,12H,8,10-11,13-14H2,1-5H3,(H,23,25);1-2H2/b17-15+,22-18?;. The van der Waals surface area contributed by atoms with Gasteiger partial charge in [0, 0.05) is 30.2 Å². The Morgan fingerprint density at radius 3 is 2.59 bits per heavy atom. The van der Waals surface area contributed by atoms with E-state index in [9.17, 15) is 4.79 Å². The van der Waals surface area contributed by atoms with E-state index in [0.717, 1.165) is 36.4 Å². The van der Waals surface area contributed by atoms with Crippen molar-refractivity contribution in [2.24, 2.45) is 4.99 Å². The number of amides is 1. The van der Waals surface area contributed by atoms with Crippen LogP contribution in [-0.2, 0) is 11.3 Å². The zero-order valence-corrected chi connectivity index (χ0v) is 17.5. The fourth-order valence-corrected chi connectivity index (χ4v) is 2.98. The zero-order valence-electron chi connectivity index (χ0n) is 17.5. The molecular formula is C22H34N4O. The molecule has 148 valence electrons. The Labute approximate surface area is 164 Å². The van der Waals surface area contributed by atoms with Gasteiger partial charge in [0.25, 0.3) is 0 Å². The van der Waals surface area contributed by atoms with E-state index in [1.807, 2.05) is 50.9 Å². The third-order valence-corrected chi connectivity index (χ3v) is 4.25. The summed E-state index contributed by atoms with van der Waals surface area (Å²) in [5, 5.41) is 3.01. The summed E-state index contributed by atoms with van der Waals surface area (Å²) in [6.07, 6.45) is 4.95. The lowest BCUT2D eigenvalue weighted by Crippen LogP contribution is -2.45. The maximum Gasteiger partial charge on any atom is 0.239 e. The second-order valence-electron chi connectivity index (χ2n) is 7.66. The predicted octanol–water partition coefficient (Wildman–Crippen LogP) is 4.13. The molecule has 5 heteroatoms. The van der Waals surface area contributed by atoms with Gasteiger partial charge < -0.3 is 10.2 Å². The molecule has 1 N–H and O–H groups in total. The summed E-state index contributed by atoms with van der Waals surface area (Å²) in [6, 6.07) is 5.90. The topological polar surface area (TPSA) is 57.6 Å². The second kappa shape index (κ2) is 10.7. The van der Waals surface area contributed by atoms with Gasteiger partial charge in [-0.3, -0.25) is 14.8 Å². The monoisotopic (exact) mass is 370 g/mol. The summed E-state index contributed by atoms with van der Waals surface area (Å²) in [6.45, 7) is 15.0. The minimum absolute atomic E-state index is 0.0416. The third-order valence-electron chi connectivity index (χ3n) is 4.25. The summed E-state index contributed by atoms with van der Waals surface area (Å²) >= 11 is 0. The summed E-state index contributed by atoms with van der Waals surface area (Å²) in [7, 11) is 1.97. The minimum Gasteiger partial charge on any atom is -0.369 e. The molecule has 27 heavy (non-hydrogen) atoms. The molecule has 0 atom stereocenters. The number of likely N-dealkylation sites (N-methyl/N-ethyl adjacent to an activating group) is 1. The molecule has 1 aliphatic rings. The summed E-state index contributed by atoms with van der Waals surface area (Å²) in [4.78, 5) is 23.3. The number of nitrogens with zero attached hydrogens (tertiary/aromatic N) is 3. The number of carbonyl (C=O) groups excluding carboxylic acids is 1. The lowest BCUT2D eigenvalue weighted by atomic mass is 10.1. The highest BCUT2D eigenvalue weighted by Crippen LogP contribution is 2.26. The molecule has 0 unspecified atom stereocenters. The van der Waals surface area contributed by atoms with Crippen molar-refractivity contribution in [1.82, 2.24) is 15.2 Å². The van der Waals surface area contributed by atoms with Crippen LogP contribution < -0.4 is 5.32 Å². The van der Waals surface area contributed by atoms with E-state index in [1.54, 1.807) is 6.20 Å². The second-order valence-corrected chi connectivity index (χ2v) is 7.66. The van der Waals surface area contributed by atoms with Crippen molar-refractivity contribution in [3.05, 3.63) is 54.5 Å². The minimum atomic E-state index is -0.207. The number of carbonyl (C=O) groups is 1. The highest BCUT2D eigenvalue weighted by Gasteiger charge is 2.21. The molecule has 1 amide bonds. The maximum absolute atomic E-state index is 12.2. The lowest BCUT2D eigenvalue weighted by Gasteiger charge is -2.25. The normalized spacial score (nSPS) is 17.1. The van der Waals surface area contributed by atoms with Crippen LogP contribution in [0.5, 0.6) is 0 Å². The Morgan fingerprint density at radius 1 is 1.30 bits per heavy atom. The van der Waals surface area contributed by atoms with Crippen molar-refractivity contribution in [2.45, 2.75) is 59.0 Å². The number of hydrogen-bond acceptors (Lipinski definition) is 4. The van der Waals surface area contributed by atoms with Gasteiger partial charge in [0.15, 0.2) is 0 Å². The quantitative estimate of drug-likeness (QED) is 0.793. The molecule has 1 aliphatic carbocycles. The Bertz CT molecular complexity index is 671. The molecule has 5 nitrogen and oxygen atoms in total. The number of pyridine rings is 1. The van der Waals surface area contributed by atoms with Gasteiger partial charge in [0.2, 0.25) is 5.91 Å². The van der Waals surface area contributed by atoms with Gasteiger partial charge in [-0.25, -0.2) is 0 Å². The number of aromatic nitrogens is 1. The first-order valence-electron chi connectivity index (χ1n) is 9.42. The van der Waals surface area contributed by atoms with Gasteiger partial charge in [-0.1, -0.05) is 6.07 Å². The van der Waals surface area contributed by atoms with E-state index < -0.39 is 0 Å². The number of aliphatic imine (C=N–C) groups is 1. The molecule has 0 aliphatic heterocycles. The lowest BCUT2D eigenvalue weighted by molar-refractivity contribution is -0.123. The van der Waals surface area contributed by atoms with E-state index in [1.165, 1.54) is 5.57 Å². The van der Waals surface area contributed by atoms with E-state index in [2.05, 4.69) is 30.4 Å². The van der Waals surface area contributed by atoms with Crippen LogP contribution >= 0.6 is 0 Å². The van der Waals surface area contributed by atoms with Crippen LogP contribution in [0, 0.1) is 0 Å². The predicted molar refractivity (Wildman–Crippen MR) is 114 cm³/mol. The molecule has 2 rings (SSSR count). The van der Waals surface area contributed by atoms with E-state index in [0.29, 0.717) is 13.1 Å². The van der Waals surface area contributed by atoms with Crippen LogP contribution in [-0.4, -0.2) is 40.6 Å².